The first-order valence-corrected chi connectivity index (χ1v) is 6.33. The molecule has 0 radical (unpaired) electrons. The summed E-state index contributed by atoms with van der Waals surface area (Å²) in [7, 11) is 0. The molecule has 0 aliphatic rings. The quantitative estimate of drug-likeness (QED) is 0.898. The maximum Gasteiger partial charge on any atom is 0.220 e. The third kappa shape index (κ3) is 4.35. The Labute approximate surface area is 106 Å². The second-order valence-electron chi connectivity index (χ2n) is 4.44. The average Bonchev–Trinajstić information content (AvgIpc) is 2.16. The molecule has 1 unspecified atom stereocenters. The lowest BCUT2D eigenvalue weighted by Crippen LogP contribution is -2.27. The van der Waals surface area contributed by atoms with Gasteiger partial charge in [-0.3, -0.25) is 4.79 Å². The van der Waals surface area contributed by atoms with Gasteiger partial charge in [0.05, 0.1) is 6.04 Å². The smallest absolute Gasteiger partial charge is 0.220 e. The van der Waals surface area contributed by atoms with Crippen LogP contribution in [0.5, 0.6) is 0 Å². The van der Waals surface area contributed by atoms with E-state index in [4.69, 9.17) is 0 Å². The number of carbonyl (C=O) groups excluding carboxylic acids is 1. The second kappa shape index (κ2) is 6.04. The first-order valence-electron chi connectivity index (χ1n) is 5.54. The lowest BCUT2D eigenvalue weighted by atomic mass is 10.1. The van der Waals surface area contributed by atoms with E-state index in [1.165, 1.54) is 0 Å². The molecule has 1 aromatic rings. The first-order chi connectivity index (χ1) is 7.49. The molecule has 0 spiro atoms. The van der Waals surface area contributed by atoms with E-state index >= 15 is 0 Å². The monoisotopic (exact) mass is 283 g/mol. The molecule has 3 heteroatoms. The zero-order valence-electron chi connectivity index (χ0n) is 9.96. The molecule has 0 saturated carbocycles. The van der Waals surface area contributed by atoms with Gasteiger partial charge in [0.15, 0.2) is 0 Å². The maximum atomic E-state index is 11.6. The van der Waals surface area contributed by atoms with E-state index in [0.29, 0.717) is 12.3 Å². The molecule has 2 nitrogen and oxygen atoms in total. The number of nitrogens with one attached hydrogen (secondary N) is 1. The summed E-state index contributed by atoms with van der Waals surface area (Å²) in [6, 6.07) is 8.06. The van der Waals surface area contributed by atoms with Gasteiger partial charge >= 0.3 is 0 Å². The molecule has 0 saturated heterocycles. The van der Waals surface area contributed by atoms with Crippen molar-refractivity contribution >= 4 is 21.8 Å². The summed E-state index contributed by atoms with van der Waals surface area (Å²) in [6.45, 7) is 6.09. The van der Waals surface area contributed by atoms with Gasteiger partial charge in [0.25, 0.3) is 0 Å². The first kappa shape index (κ1) is 13.2. The van der Waals surface area contributed by atoms with E-state index in [2.05, 4.69) is 21.2 Å². The van der Waals surface area contributed by atoms with Gasteiger partial charge in [-0.15, -0.1) is 0 Å². The van der Waals surface area contributed by atoms with E-state index in [9.17, 15) is 4.79 Å². The molecular formula is C13H18BrNO. The lowest BCUT2D eigenvalue weighted by molar-refractivity contribution is -0.122. The van der Waals surface area contributed by atoms with Crippen LogP contribution < -0.4 is 5.32 Å². The summed E-state index contributed by atoms with van der Waals surface area (Å²) < 4.78 is 1.04. The molecule has 0 aliphatic heterocycles. The highest BCUT2D eigenvalue weighted by atomic mass is 79.9. The average molecular weight is 284 g/mol. The van der Waals surface area contributed by atoms with Crippen molar-refractivity contribution in [2.75, 3.05) is 0 Å². The maximum absolute atomic E-state index is 11.6. The Hall–Kier alpha value is -0.830. The number of carbonyl (C=O) groups is 1. The fourth-order valence-corrected chi connectivity index (χ4v) is 1.95. The van der Waals surface area contributed by atoms with Crippen LogP contribution >= 0.6 is 15.9 Å². The SMILES string of the molecule is CC(C)CC(=O)NC(C)c1cccc(Br)c1. The van der Waals surface area contributed by atoms with E-state index in [1.54, 1.807) is 0 Å². The van der Waals surface area contributed by atoms with Crippen molar-refractivity contribution in [3.05, 3.63) is 34.3 Å². The fourth-order valence-electron chi connectivity index (χ4n) is 1.53. The third-order valence-electron chi connectivity index (χ3n) is 2.32. The van der Waals surface area contributed by atoms with Gasteiger partial charge in [-0.05, 0) is 30.5 Å². The number of hydrogen-bond donors (Lipinski definition) is 1. The van der Waals surface area contributed by atoms with Gasteiger partial charge in [0.2, 0.25) is 5.91 Å². The van der Waals surface area contributed by atoms with Crippen LogP contribution in [0.1, 0.15) is 38.8 Å². The number of rotatable bonds is 4. The molecule has 0 aliphatic carbocycles. The molecule has 1 rings (SSSR count). The van der Waals surface area contributed by atoms with Crippen LogP contribution in [0.2, 0.25) is 0 Å². The Balaban J connectivity index is 2.58. The van der Waals surface area contributed by atoms with Crippen molar-refractivity contribution in [1.29, 1.82) is 0 Å². The number of amides is 1. The standard InChI is InChI=1S/C13H18BrNO/c1-9(2)7-13(16)15-10(3)11-5-4-6-12(14)8-11/h4-6,8-10H,7H2,1-3H3,(H,15,16). The minimum absolute atomic E-state index is 0.0590. The van der Waals surface area contributed by atoms with E-state index < -0.39 is 0 Å². The van der Waals surface area contributed by atoms with E-state index in [1.807, 2.05) is 45.0 Å². The van der Waals surface area contributed by atoms with Crippen molar-refractivity contribution in [3.63, 3.8) is 0 Å². The Morgan fingerprint density at radius 2 is 2.06 bits per heavy atom. The largest absolute Gasteiger partial charge is 0.350 e. The van der Waals surface area contributed by atoms with Gasteiger partial charge in [-0.25, -0.2) is 0 Å². The Bertz CT molecular complexity index is 363. The molecule has 1 aromatic carbocycles. The zero-order valence-corrected chi connectivity index (χ0v) is 11.5. The van der Waals surface area contributed by atoms with E-state index in [-0.39, 0.29) is 11.9 Å². The molecule has 0 fully saturated rings. The number of benzene rings is 1. The molecule has 0 heterocycles. The molecule has 0 aromatic heterocycles. The molecular weight excluding hydrogens is 266 g/mol. The van der Waals surface area contributed by atoms with Crippen LogP contribution in [0.3, 0.4) is 0 Å². The second-order valence-corrected chi connectivity index (χ2v) is 5.36. The van der Waals surface area contributed by atoms with E-state index in [0.717, 1.165) is 10.0 Å². The van der Waals surface area contributed by atoms with Gasteiger partial charge < -0.3 is 5.32 Å². The molecule has 1 atom stereocenters. The highest BCUT2D eigenvalue weighted by Gasteiger charge is 2.10. The number of hydrogen-bond acceptors (Lipinski definition) is 1. The minimum atomic E-state index is 0.0590. The normalized spacial score (nSPS) is 12.6. The van der Waals surface area contributed by atoms with Crippen molar-refractivity contribution < 1.29 is 4.79 Å². The third-order valence-corrected chi connectivity index (χ3v) is 2.81. The van der Waals surface area contributed by atoms with Gasteiger partial charge in [-0.2, -0.15) is 0 Å². The van der Waals surface area contributed by atoms with Crippen molar-refractivity contribution in [2.45, 2.75) is 33.2 Å². The fraction of sp³-hybridized carbons (Fsp3) is 0.462. The summed E-state index contributed by atoms with van der Waals surface area (Å²) in [4.78, 5) is 11.6. The zero-order chi connectivity index (χ0) is 12.1. The molecule has 16 heavy (non-hydrogen) atoms. The van der Waals surface area contributed by atoms with Gasteiger partial charge in [0.1, 0.15) is 0 Å². The summed E-state index contributed by atoms with van der Waals surface area (Å²) in [6.07, 6.45) is 0.582. The lowest BCUT2D eigenvalue weighted by Gasteiger charge is -2.15. The van der Waals surface area contributed by atoms with Gasteiger partial charge in [0, 0.05) is 10.9 Å². The minimum Gasteiger partial charge on any atom is -0.350 e. The topological polar surface area (TPSA) is 29.1 Å². The van der Waals surface area contributed by atoms with Crippen molar-refractivity contribution in [3.8, 4) is 0 Å². The molecule has 88 valence electrons. The summed E-state index contributed by atoms with van der Waals surface area (Å²) in [5, 5.41) is 2.99. The van der Waals surface area contributed by atoms with Crippen LogP contribution in [0.4, 0.5) is 0 Å². The van der Waals surface area contributed by atoms with Gasteiger partial charge in [-0.1, -0.05) is 41.9 Å². The number of halogens is 1. The summed E-state index contributed by atoms with van der Waals surface area (Å²) in [5.41, 5.74) is 1.12. The highest BCUT2D eigenvalue weighted by Crippen LogP contribution is 2.18. The Morgan fingerprint density at radius 1 is 1.38 bits per heavy atom. The summed E-state index contributed by atoms with van der Waals surface area (Å²) >= 11 is 3.42. The van der Waals surface area contributed by atoms with Crippen LogP contribution in [-0.4, -0.2) is 5.91 Å². The highest BCUT2D eigenvalue weighted by molar-refractivity contribution is 9.10. The van der Waals surface area contributed by atoms with Crippen molar-refractivity contribution in [2.24, 2.45) is 5.92 Å². The molecule has 1 amide bonds. The van der Waals surface area contributed by atoms with Crippen LogP contribution in [-0.2, 0) is 4.79 Å². The molecule has 1 N–H and O–H groups in total. The predicted molar refractivity (Wildman–Crippen MR) is 70.2 cm³/mol. The van der Waals surface area contributed by atoms with Crippen LogP contribution in [0, 0.1) is 5.92 Å². The van der Waals surface area contributed by atoms with Crippen LogP contribution in [0.15, 0.2) is 28.7 Å². The summed E-state index contributed by atoms with van der Waals surface area (Å²) in [5.74, 6) is 0.511. The Morgan fingerprint density at radius 3 is 2.62 bits per heavy atom. The van der Waals surface area contributed by atoms with Crippen LogP contribution in [0.25, 0.3) is 0 Å². The Kier molecular flexibility index (Phi) is 5.00. The predicted octanol–water partition coefficient (Wildman–Crippen LogP) is 3.67. The molecule has 0 bridgehead atoms. The van der Waals surface area contributed by atoms with Crippen molar-refractivity contribution in [1.82, 2.24) is 5.32 Å².